The lowest BCUT2D eigenvalue weighted by Crippen LogP contribution is -2.21. The van der Waals surface area contributed by atoms with E-state index in [1.165, 1.54) is 12.1 Å². The zero-order valence-electron chi connectivity index (χ0n) is 13.2. The molecule has 0 aliphatic carbocycles. The van der Waals surface area contributed by atoms with Crippen LogP contribution in [-0.2, 0) is 10.0 Å². The van der Waals surface area contributed by atoms with E-state index in [2.05, 4.69) is 20.2 Å². The standard InChI is InChI=1S/C17H12ClN5O2S/c18-23(26(24,25)14-4-2-1-3-5-14)13-8-6-12(7-9-13)15-10-19-16-11-20-22-17(16)21-15/h1-11H,(H,20,21,22). The number of nitrogens with zero attached hydrogens (tertiary/aromatic N) is 4. The van der Waals surface area contributed by atoms with E-state index in [0.29, 0.717) is 22.5 Å². The van der Waals surface area contributed by atoms with Crippen LogP contribution in [0.25, 0.3) is 22.4 Å². The zero-order chi connectivity index (χ0) is 18.1. The molecule has 26 heavy (non-hydrogen) atoms. The molecule has 0 fully saturated rings. The summed E-state index contributed by atoms with van der Waals surface area (Å²) in [6.07, 6.45) is 3.22. The van der Waals surface area contributed by atoms with Gasteiger partial charge in [0.05, 0.1) is 28.7 Å². The molecule has 0 spiro atoms. The number of anilines is 1. The molecule has 0 saturated carbocycles. The van der Waals surface area contributed by atoms with E-state index in [4.69, 9.17) is 11.8 Å². The van der Waals surface area contributed by atoms with E-state index in [-0.39, 0.29) is 4.90 Å². The lowest BCUT2D eigenvalue weighted by atomic mass is 10.1. The highest BCUT2D eigenvalue weighted by molar-refractivity contribution is 7.94. The Kier molecular flexibility index (Phi) is 4.06. The van der Waals surface area contributed by atoms with Gasteiger partial charge in [-0.05, 0) is 24.3 Å². The summed E-state index contributed by atoms with van der Waals surface area (Å²) in [6.45, 7) is 0. The molecule has 1 N–H and O–H groups in total. The van der Waals surface area contributed by atoms with Gasteiger partial charge in [-0.2, -0.15) is 17.3 Å². The van der Waals surface area contributed by atoms with E-state index < -0.39 is 10.0 Å². The minimum absolute atomic E-state index is 0.120. The number of aromatic nitrogens is 4. The Morgan fingerprint density at radius 2 is 1.69 bits per heavy atom. The molecule has 4 rings (SSSR count). The van der Waals surface area contributed by atoms with Crippen molar-refractivity contribution in [1.29, 1.82) is 0 Å². The van der Waals surface area contributed by atoms with Crippen LogP contribution in [0.3, 0.4) is 0 Å². The summed E-state index contributed by atoms with van der Waals surface area (Å²) in [5.41, 5.74) is 3.00. The molecule has 2 heterocycles. The minimum Gasteiger partial charge on any atom is -0.259 e. The molecule has 0 bridgehead atoms. The molecule has 0 aliphatic heterocycles. The number of benzene rings is 2. The Hall–Kier alpha value is -2.97. The van der Waals surface area contributed by atoms with Crippen LogP contribution in [0.1, 0.15) is 0 Å². The molecule has 0 atom stereocenters. The van der Waals surface area contributed by atoms with Crippen molar-refractivity contribution in [2.45, 2.75) is 4.90 Å². The van der Waals surface area contributed by atoms with Crippen LogP contribution in [0, 0.1) is 0 Å². The van der Waals surface area contributed by atoms with E-state index in [1.807, 2.05) is 0 Å². The smallest absolute Gasteiger partial charge is 0.259 e. The van der Waals surface area contributed by atoms with Crippen molar-refractivity contribution in [2.24, 2.45) is 0 Å². The summed E-state index contributed by atoms with van der Waals surface area (Å²) in [6, 6.07) is 14.7. The lowest BCUT2D eigenvalue weighted by Gasteiger charge is -2.16. The minimum atomic E-state index is -3.83. The molecule has 0 aliphatic rings. The van der Waals surface area contributed by atoms with E-state index in [9.17, 15) is 8.42 Å². The van der Waals surface area contributed by atoms with Crippen molar-refractivity contribution in [3.8, 4) is 11.3 Å². The fraction of sp³-hybridized carbons (Fsp3) is 0. The number of hydrogen-bond acceptors (Lipinski definition) is 5. The Balaban J connectivity index is 1.65. The number of rotatable bonds is 4. The molecule has 0 amide bonds. The Morgan fingerprint density at radius 3 is 2.42 bits per heavy atom. The van der Waals surface area contributed by atoms with Gasteiger partial charge in [-0.3, -0.25) is 5.10 Å². The molecule has 7 nitrogen and oxygen atoms in total. The maximum absolute atomic E-state index is 12.6. The van der Waals surface area contributed by atoms with Crippen LogP contribution >= 0.6 is 11.8 Å². The summed E-state index contributed by atoms with van der Waals surface area (Å²) < 4.78 is 25.9. The van der Waals surface area contributed by atoms with Gasteiger partial charge in [0, 0.05) is 17.3 Å². The molecule has 0 radical (unpaired) electrons. The van der Waals surface area contributed by atoms with Gasteiger partial charge in [0.15, 0.2) is 5.65 Å². The number of nitrogens with one attached hydrogen (secondary N) is 1. The predicted octanol–water partition coefficient (Wildman–Crippen LogP) is 3.37. The molecule has 4 aromatic rings. The third kappa shape index (κ3) is 2.89. The quantitative estimate of drug-likeness (QED) is 0.544. The second-order valence-electron chi connectivity index (χ2n) is 5.44. The Morgan fingerprint density at radius 1 is 0.962 bits per heavy atom. The number of halogens is 1. The van der Waals surface area contributed by atoms with Crippen LogP contribution < -0.4 is 3.82 Å². The van der Waals surface area contributed by atoms with Crippen LogP contribution in [0.4, 0.5) is 5.69 Å². The van der Waals surface area contributed by atoms with Crippen LogP contribution in [0.5, 0.6) is 0 Å². The summed E-state index contributed by atoms with van der Waals surface area (Å²) in [5, 5.41) is 6.65. The number of aromatic amines is 1. The van der Waals surface area contributed by atoms with Crippen molar-refractivity contribution in [3.63, 3.8) is 0 Å². The highest BCUT2D eigenvalue weighted by Gasteiger charge is 2.23. The highest BCUT2D eigenvalue weighted by Crippen LogP contribution is 2.28. The second-order valence-corrected chi connectivity index (χ2v) is 7.76. The topological polar surface area (TPSA) is 91.8 Å². The lowest BCUT2D eigenvalue weighted by molar-refractivity contribution is 0.598. The fourth-order valence-electron chi connectivity index (χ4n) is 2.44. The van der Waals surface area contributed by atoms with Crippen molar-refractivity contribution >= 4 is 38.7 Å². The fourth-order valence-corrected chi connectivity index (χ4v) is 3.88. The molecule has 0 saturated heterocycles. The average molecular weight is 386 g/mol. The number of H-pyrrole nitrogens is 1. The molecule has 2 aromatic heterocycles. The monoisotopic (exact) mass is 385 g/mol. The van der Waals surface area contributed by atoms with Crippen molar-refractivity contribution in [2.75, 3.05) is 3.82 Å². The van der Waals surface area contributed by atoms with Gasteiger partial charge < -0.3 is 0 Å². The predicted molar refractivity (Wildman–Crippen MR) is 99.1 cm³/mol. The molecule has 130 valence electrons. The van der Waals surface area contributed by atoms with Crippen LogP contribution in [-0.4, -0.2) is 28.6 Å². The molecular formula is C17H12ClN5O2S. The summed E-state index contributed by atoms with van der Waals surface area (Å²) >= 11 is 6.10. The van der Waals surface area contributed by atoms with Gasteiger partial charge in [-0.1, -0.05) is 30.3 Å². The summed E-state index contributed by atoms with van der Waals surface area (Å²) in [5.74, 6) is 0. The Bertz CT molecular complexity index is 1160. The van der Waals surface area contributed by atoms with Gasteiger partial charge in [0.1, 0.15) is 5.52 Å². The maximum atomic E-state index is 12.6. The van der Waals surface area contributed by atoms with E-state index in [0.717, 1.165) is 9.39 Å². The number of hydrogen-bond donors (Lipinski definition) is 1. The van der Waals surface area contributed by atoms with E-state index in [1.54, 1.807) is 54.9 Å². The molecular weight excluding hydrogens is 374 g/mol. The zero-order valence-corrected chi connectivity index (χ0v) is 14.8. The highest BCUT2D eigenvalue weighted by atomic mass is 35.5. The van der Waals surface area contributed by atoms with Gasteiger partial charge >= 0.3 is 0 Å². The third-order valence-electron chi connectivity index (χ3n) is 3.78. The first-order valence-electron chi connectivity index (χ1n) is 7.58. The third-order valence-corrected chi connectivity index (χ3v) is 6.02. The average Bonchev–Trinajstić information content (AvgIpc) is 3.16. The first-order valence-corrected chi connectivity index (χ1v) is 9.36. The van der Waals surface area contributed by atoms with Crippen molar-refractivity contribution < 1.29 is 8.42 Å². The summed E-state index contributed by atoms with van der Waals surface area (Å²) in [7, 11) is -3.83. The molecule has 9 heteroatoms. The molecule has 2 aromatic carbocycles. The van der Waals surface area contributed by atoms with Gasteiger partial charge in [0.25, 0.3) is 10.0 Å². The maximum Gasteiger partial charge on any atom is 0.278 e. The van der Waals surface area contributed by atoms with Gasteiger partial charge in [-0.25, -0.2) is 9.97 Å². The normalized spacial score (nSPS) is 11.6. The largest absolute Gasteiger partial charge is 0.278 e. The summed E-state index contributed by atoms with van der Waals surface area (Å²) in [4.78, 5) is 8.82. The molecule has 0 unspecified atom stereocenters. The van der Waals surface area contributed by atoms with Gasteiger partial charge in [0.2, 0.25) is 0 Å². The SMILES string of the molecule is O=S(=O)(c1ccccc1)N(Cl)c1ccc(-c2cnc3cn[nH]c3n2)cc1. The first-order chi connectivity index (χ1) is 12.6. The Labute approximate surface area is 154 Å². The number of sulfonamides is 1. The van der Waals surface area contributed by atoms with Crippen LogP contribution in [0.2, 0.25) is 0 Å². The second kappa shape index (κ2) is 6.40. The van der Waals surface area contributed by atoms with E-state index >= 15 is 0 Å². The van der Waals surface area contributed by atoms with Crippen molar-refractivity contribution in [1.82, 2.24) is 20.2 Å². The van der Waals surface area contributed by atoms with Crippen molar-refractivity contribution in [3.05, 3.63) is 67.0 Å². The first kappa shape index (κ1) is 16.5. The van der Waals surface area contributed by atoms with Gasteiger partial charge in [-0.15, -0.1) is 0 Å². The van der Waals surface area contributed by atoms with Crippen LogP contribution in [0.15, 0.2) is 71.9 Å². The number of fused-ring (bicyclic) bond motifs is 1.